The second kappa shape index (κ2) is 6.10. The van der Waals surface area contributed by atoms with Gasteiger partial charge in [0.25, 0.3) is 0 Å². The highest BCUT2D eigenvalue weighted by molar-refractivity contribution is 5.73. The van der Waals surface area contributed by atoms with E-state index in [1.165, 1.54) is 19.1 Å². The smallest absolute Gasteiger partial charge is 0.217 e. The zero-order chi connectivity index (χ0) is 13.8. The third-order valence-electron chi connectivity index (χ3n) is 3.32. The van der Waals surface area contributed by atoms with E-state index in [4.69, 9.17) is 0 Å². The maximum atomic E-state index is 13.6. The highest BCUT2D eigenvalue weighted by Gasteiger charge is 2.21. The molecule has 1 aliphatic heterocycles. The summed E-state index contributed by atoms with van der Waals surface area (Å²) in [5, 5.41) is 2.89. The zero-order valence-corrected chi connectivity index (χ0v) is 11.0. The first-order chi connectivity index (χ1) is 9.04. The highest BCUT2D eigenvalue weighted by Crippen LogP contribution is 2.16. The van der Waals surface area contributed by atoms with Crippen molar-refractivity contribution in [3.63, 3.8) is 0 Å². The second-order valence-corrected chi connectivity index (χ2v) is 5.01. The number of halogens is 2. The van der Waals surface area contributed by atoms with Crippen LogP contribution in [-0.2, 0) is 11.3 Å². The SMILES string of the molecule is CC(=O)NC1CCCN(Cc2ccc(F)cc2F)C1. The molecule has 1 aromatic carbocycles. The normalized spacial score (nSPS) is 20.3. The largest absolute Gasteiger partial charge is 0.352 e. The van der Waals surface area contributed by atoms with Crippen molar-refractivity contribution in [1.82, 2.24) is 10.2 Å². The molecule has 0 radical (unpaired) electrons. The fourth-order valence-electron chi connectivity index (χ4n) is 2.50. The van der Waals surface area contributed by atoms with Crippen molar-refractivity contribution < 1.29 is 13.6 Å². The molecule has 1 amide bonds. The van der Waals surface area contributed by atoms with Crippen LogP contribution in [0.5, 0.6) is 0 Å². The predicted octanol–water partition coefficient (Wildman–Crippen LogP) is 2.07. The van der Waals surface area contributed by atoms with Crippen LogP contribution in [0.4, 0.5) is 8.78 Å². The standard InChI is InChI=1S/C14H18F2N2O/c1-10(19)17-13-3-2-6-18(9-13)8-11-4-5-12(15)7-14(11)16/h4-5,7,13H,2-3,6,8-9H2,1H3,(H,17,19). The summed E-state index contributed by atoms with van der Waals surface area (Å²) >= 11 is 0. The molecule has 5 heteroatoms. The molecule has 1 saturated heterocycles. The van der Waals surface area contributed by atoms with Gasteiger partial charge in [-0.3, -0.25) is 9.69 Å². The lowest BCUT2D eigenvalue weighted by Crippen LogP contribution is -2.46. The number of benzene rings is 1. The van der Waals surface area contributed by atoms with Gasteiger partial charge in [0.1, 0.15) is 11.6 Å². The number of nitrogens with one attached hydrogen (secondary N) is 1. The Morgan fingerprint density at radius 2 is 2.26 bits per heavy atom. The van der Waals surface area contributed by atoms with E-state index in [1.807, 2.05) is 0 Å². The zero-order valence-electron chi connectivity index (χ0n) is 11.0. The highest BCUT2D eigenvalue weighted by atomic mass is 19.1. The molecule has 1 fully saturated rings. The molecule has 0 aromatic heterocycles. The summed E-state index contributed by atoms with van der Waals surface area (Å²) in [6.07, 6.45) is 1.91. The van der Waals surface area contributed by atoms with Crippen LogP contribution in [-0.4, -0.2) is 29.9 Å². The number of nitrogens with zero attached hydrogens (tertiary/aromatic N) is 1. The van der Waals surface area contributed by atoms with E-state index in [1.54, 1.807) is 0 Å². The number of carbonyl (C=O) groups is 1. The van der Waals surface area contributed by atoms with Gasteiger partial charge in [-0.2, -0.15) is 0 Å². The van der Waals surface area contributed by atoms with E-state index >= 15 is 0 Å². The number of rotatable bonds is 3. The first kappa shape index (κ1) is 13.9. The van der Waals surface area contributed by atoms with E-state index in [0.29, 0.717) is 18.7 Å². The van der Waals surface area contributed by atoms with Crippen LogP contribution < -0.4 is 5.32 Å². The average molecular weight is 268 g/mol. The fraction of sp³-hybridized carbons (Fsp3) is 0.500. The quantitative estimate of drug-likeness (QED) is 0.910. The third-order valence-corrected chi connectivity index (χ3v) is 3.32. The maximum Gasteiger partial charge on any atom is 0.217 e. The minimum atomic E-state index is -0.559. The fourth-order valence-corrected chi connectivity index (χ4v) is 2.50. The van der Waals surface area contributed by atoms with E-state index in [-0.39, 0.29) is 11.9 Å². The lowest BCUT2D eigenvalue weighted by atomic mass is 10.0. The van der Waals surface area contributed by atoms with Crippen LogP contribution in [0.2, 0.25) is 0 Å². The van der Waals surface area contributed by atoms with Gasteiger partial charge in [-0.1, -0.05) is 6.07 Å². The van der Waals surface area contributed by atoms with Crippen LogP contribution in [0.3, 0.4) is 0 Å². The summed E-state index contributed by atoms with van der Waals surface area (Å²) in [4.78, 5) is 13.1. The molecular formula is C14H18F2N2O. The molecule has 0 aliphatic carbocycles. The van der Waals surface area contributed by atoms with Crippen LogP contribution in [0.1, 0.15) is 25.3 Å². The molecule has 1 aliphatic rings. The van der Waals surface area contributed by atoms with E-state index in [0.717, 1.165) is 25.5 Å². The number of carbonyl (C=O) groups excluding carboxylic acids is 1. The molecular weight excluding hydrogens is 250 g/mol. The van der Waals surface area contributed by atoms with Gasteiger partial charge in [-0.05, 0) is 25.5 Å². The lowest BCUT2D eigenvalue weighted by molar-refractivity contribution is -0.120. The molecule has 104 valence electrons. The first-order valence-corrected chi connectivity index (χ1v) is 6.48. The van der Waals surface area contributed by atoms with Crippen LogP contribution >= 0.6 is 0 Å². The van der Waals surface area contributed by atoms with Crippen LogP contribution in [0, 0.1) is 11.6 Å². The van der Waals surface area contributed by atoms with Gasteiger partial charge < -0.3 is 5.32 Å². The second-order valence-electron chi connectivity index (χ2n) is 5.01. The topological polar surface area (TPSA) is 32.3 Å². The van der Waals surface area contributed by atoms with Gasteiger partial charge in [-0.15, -0.1) is 0 Å². The van der Waals surface area contributed by atoms with Crippen molar-refractivity contribution in [2.24, 2.45) is 0 Å². The van der Waals surface area contributed by atoms with Gasteiger partial charge in [-0.25, -0.2) is 8.78 Å². The third kappa shape index (κ3) is 3.99. The molecule has 1 heterocycles. The van der Waals surface area contributed by atoms with Crippen molar-refractivity contribution in [1.29, 1.82) is 0 Å². The van der Waals surface area contributed by atoms with Gasteiger partial charge in [0, 0.05) is 37.7 Å². The maximum absolute atomic E-state index is 13.6. The summed E-state index contributed by atoms with van der Waals surface area (Å²) in [5.74, 6) is -1.11. The number of piperidine rings is 1. The van der Waals surface area contributed by atoms with Crippen LogP contribution in [0.15, 0.2) is 18.2 Å². The molecule has 2 rings (SSSR count). The predicted molar refractivity (Wildman–Crippen MR) is 68.5 cm³/mol. The van der Waals surface area contributed by atoms with Gasteiger partial charge >= 0.3 is 0 Å². The van der Waals surface area contributed by atoms with Crippen molar-refractivity contribution in [2.45, 2.75) is 32.4 Å². The molecule has 0 saturated carbocycles. The van der Waals surface area contributed by atoms with Crippen molar-refractivity contribution in [3.8, 4) is 0 Å². The monoisotopic (exact) mass is 268 g/mol. The summed E-state index contributed by atoms with van der Waals surface area (Å²) in [6.45, 7) is 3.52. The Kier molecular flexibility index (Phi) is 4.47. The van der Waals surface area contributed by atoms with Crippen molar-refractivity contribution in [3.05, 3.63) is 35.4 Å². The van der Waals surface area contributed by atoms with E-state index < -0.39 is 11.6 Å². The number of hydrogen-bond acceptors (Lipinski definition) is 2. The Morgan fingerprint density at radius 1 is 1.47 bits per heavy atom. The molecule has 1 N–H and O–H groups in total. The van der Waals surface area contributed by atoms with Crippen molar-refractivity contribution >= 4 is 5.91 Å². The minimum Gasteiger partial charge on any atom is -0.352 e. The molecule has 1 atom stereocenters. The van der Waals surface area contributed by atoms with Gasteiger partial charge in [0.15, 0.2) is 0 Å². The number of amides is 1. The lowest BCUT2D eigenvalue weighted by Gasteiger charge is -2.33. The average Bonchev–Trinajstić information content (AvgIpc) is 2.32. The number of hydrogen-bond donors (Lipinski definition) is 1. The summed E-state index contributed by atoms with van der Waals surface area (Å²) in [6, 6.07) is 3.78. The first-order valence-electron chi connectivity index (χ1n) is 6.48. The summed E-state index contributed by atoms with van der Waals surface area (Å²) < 4.78 is 26.4. The Labute approximate surface area is 111 Å². The molecule has 3 nitrogen and oxygen atoms in total. The molecule has 0 spiro atoms. The Hall–Kier alpha value is -1.49. The van der Waals surface area contributed by atoms with Crippen molar-refractivity contribution in [2.75, 3.05) is 13.1 Å². The molecule has 1 unspecified atom stereocenters. The van der Waals surface area contributed by atoms with Crippen LogP contribution in [0.25, 0.3) is 0 Å². The Morgan fingerprint density at radius 3 is 2.95 bits per heavy atom. The van der Waals surface area contributed by atoms with E-state index in [2.05, 4.69) is 10.2 Å². The van der Waals surface area contributed by atoms with E-state index in [9.17, 15) is 13.6 Å². The Bertz CT molecular complexity index is 465. The summed E-state index contributed by atoms with van der Waals surface area (Å²) in [7, 11) is 0. The minimum absolute atomic E-state index is 0.0418. The Balaban J connectivity index is 1.96. The molecule has 1 aromatic rings. The number of likely N-dealkylation sites (tertiary alicyclic amines) is 1. The molecule has 19 heavy (non-hydrogen) atoms. The van der Waals surface area contributed by atoms with Gasteiger partial charge in [0.2, 0.25) is 5.91 Å². The summed E-state index contributed by atoms with van der Waals surface area (Å²) in [5.41, 5.74) is 0.491. The van der Waals surface area contributed by atoms with Gasteiger partial charge in [0.05, 0.1) is 0 Å². The molecule has 0 bridgehead atoms.